The maximum atomic E-state index is 11.5. The largest absolute Gasteiger partial charge is 0.504 e. The number of aromatic hydroxyl groups is 2. The molecule has 2 N–H and O–H groups in total. The van der Waals surface area contributed by atoms with Crippen molar-refractivity contribution in [2.75, 3.05) is 63.5 Å². The van der Waals surface area contributed by atoms with Gasteiger partial charge in [0.1, 0.15) is 23.7 Å². The van der Waals surface area contributed by atoms with Gasteiger partial charge in [0.2, 0.25) is 11.5 Å². The topological polar surface area (TPSA) is 133 Å². The number of phenols is 2. The summed E-state index contributed by atoms with van der Waals surface area (Å²) in [6, 6.07) is 10.7. The Hall–Kier alpha value is -5.20. The van der Waals surface area contributed by atoms with Gasteiger partial charge >= 0.3 is 0 Å². The van der Waals surface area contributed by atoms with Gasteiger partial charge in [-0.25, -0.2) is 0 Å². The van der Waals surface area contributed by atoms with Crippen molar-refractivity contribution >= 4 is 0 Å². The predicted octanol–water partition coefficient (Wildman–Crippen LogP) is 6.55. The Morgan fingerprint density at radius 3 is 1.57 bits per heavy atom. The van der Waals surface area contributed by atoms with Crippen LogP contribution < -0.4 is 37.9 Å². The van der Waals surface area contributed by atoms with Gasteiger partial charge in [0, 0.05) is 22.8 Å². The van der Waals surface area contributed by atoms with Crippen LogP contribution in [-0.4, -0.2) is 79.8 Å². The van der Waals surface area contributed by atoms with Crippen LogP contribution in [0.3, 0.4) is 0 Å². The minimum Gasteiger partial charge on any atom is -0.504 e. The van der Waals surface area contributed by atoms with Crippen molar-refractivity contribution in [2.45, 2.75) is 38.1 Å². The van der Waals surface area contributed by atoms with Gasteiger partial charge in [-0.1, -0.05) is 0 Å². The number of hydrogen-bond acceptors (Lipinski definition) is 12. The summed E-state index contributed by atoms with van der Waals surface area (Å²) in [6.45, 7) is 2.34. The van der Waals surface area contributed by atoms with Gasteiger partial charge in [0.05, 0.1) is 69.6 Å². The first-order valence-corrected chi connectivity index (χ1v) is 16.4. The molecule has 272 valence electrons. The van der Waals surface area contributed by atoms with Crippen LogP contribution in [0, 0.1) is 0 Å². The summed E-state index contributed by atoms with van der Waals surface area (Å²) in [7, 11) is 12.5. The normalized spacial score (nSPS) is 17.9. The van der Waals surface area contributed by atoms with Crippen LogP contribution in [0.5, 0.6) is 57.5 Å². The van der Waals surface area contributed by atoms with Crippen LogP contribution in [0.1, 0.15) is 52.5 Å². The van der Waals surface area contributed by atoms with Crippen molar-refractivity contribution < 1.29 is 57.6 Å². The number of ether oxygens (including phenoxy) is 10. The summed E-state index contributed by atoms with van der Waals surface area (Å²) in [5.41, 5.74) is 5.76. The fourth-order valence-corrected chi connectivity index (χ4v) is 7.33. The summed E-state index contributed by atoms with van der Waals surface area (Å²) < 4.78 is 58.7. The van der Waals surface area contributed by atoms with E-state index >= 15 is 0 Å². The Kier molecular flexibility index (Phi) is 10.2. The van der Waals surface area contributed by atoms with Gasteiger partial charge in [-0.2, -0.15) is 0 Å². The Morgan fingerprint density at radius 1 is 0.569 bits per heavy atom. The summed E-state index contributed by atoms with van der Waals surface area (Å²) in [5, 5.41) is 22.9. The average Bonchev–Trinajstić information content (AvgIpc) is 3.16. The number of phenolic OH excluding ortho intramolecular Hbond substituents is 2. The van der Waals surface area contributed by atoms with Crippen LogP contribution in [-0.2, 0) is 22.3 Å². The third kappa shape index (κ3) is 6.02. The molecule has 2 heterocycles. The molecule has 0 amide bonds. The standard InChI is InChI=1S/C39H44O12/c1-19-12-23-24(17-25(40)35(41)34(23)37(51-19)21-15-30(46-6)39(49-9)31(16-21)47-7)32-22-10-11-50-36(33(22)27(43-3)18-26(32)42-2)20-13-28(44-4)38(48-8)29(14-20)45-5/h13-19,36-37,40-41H,10-12H2,1-9H3/t19?,36-,37+/m1/s1. The van der Waals surface area contributed by atoms with Crippen LogP contribution >= 0.6 is 0 Å². The second kappa shape index (κ2) is 14.6. The summed E-state index contributed by atoms with van der Waals surface area (Å²) >= 11 is 0. The zero-order valence-corrected chi connectivity index (χ0v) is 30.3. The van der Waals surface area contributed by atoms with E-state index in [2.05, 4.69) is 0 Å². The smallest absolute Gasteiger partial charge is 0.203 e. The van der Waals surface area contributed by atoms with Crippen LogP contribution in [0.25, 0.3) is 11.1 Å². The van der Waals surface area contributed by atoms with Crippen LogP contribution in [0.2, 0.25) is 0 Å². The molecule has 12 heteroatoms. The molecule has 0 spiro atoms. The summed E-state index contributed by atoms with van der Waals surface area (Å²) in [4.78, 5) is 0. The molecule has 51 heavy (non-hydrogen) atoms. The highest BCUT2D eigenvalue weighted by atomic mass is 16.5. The van der Waals surface area contributed by atoms with E-state index in [1.165, 1.54) is 21.3 Å². The minimum absolute atomic E-state index is 0.278. The second-order valence-corrected chi connectivity index (χ2v) is 12.2. The van der Waals surface area contributed by atoms with Crippen molar-refractivity contribution in [1.82, 2.24) is 0 Å². The van der Waals surface area contributed by atoms with Gasteiger partial charge in [-0.05, 0) is 77.9 Å². The van der Waals surface area contributed by atoms with E-state index in [4.69, 9.17) is 47.4 Å². The summed E-state index contributed by atoms with van der Waals surface area (Å²) in [6.07, 6.45) is -0.704. The van der Waals surface area contributed by atoms with Gasteiger partial charge in [0.25, 0.3) is 0 Å². The molecule has 0 saturated heterocycles. The van der Waals surface area contributed by atoms with Crippen molar-refractivity contribution in [3.05, 3.63) is 69.8 Å². The molecule has 2 aliphatic rings. The fraction of sp³-hybridized carbons (Fsp3) is 0.385. The number of benzene rings is 4. The second-order valence-electron chi connectivity index (χ2n) is 12.2. The first-order chi connectivity index (χ1) is 24.7. The highest BCUT2D eigenvalue weighted by molar-refractivity contribution is 5.84. The Bertz CT molecular complexity index is 1890. The zero-order valence-electron chi connectivity index (χ0n) is 30.3. The average molecular weight is 705 g/mol. The monoisotopic (exact) mass is 704 g/mol. The number of methoxy groups -OCH3 is 8. The lowest BCUT2D eigenvalue weighted by Crippen LogP contribution is -2.26. The third-order valence-electron chi connectivity index (χ3n) is 9.54. The highest BCUT2D eigenvalue weighted by Crippen LogP contribution is 2.55. The molecule has 1 unspecified atom stereocenters. The summed E-state index contributed by atoms with van der Waals surface area (Å²) in [5.74, 6) is 3.23. The molecule has 0 aliphatic carbocycles. The first-order valence-electron chi connectivity index (χ1n) is 16.4. The third-order valence-corrected chi connectivity index (χ3v) is 9.54. The lowest BCUT2D eigenvalue weighted by molar-refractivity contribution is 0.00567. The van der Waals surface area contributed by atoms with E-state index in [0.717, 1.165) is 27.8 Å². The molecule has 6 rings (SSSR count). The molecule has 4 aromatic rings. The van der Waals surface area contributed by atoms with Crippen molar-refractivity contribution in [3.8, 4) is 68.6 Å². The Labute approximate surface area is 297 Å². The van der Waals surface area contributed by atoms with Crippen molar-refractivity contribution in [2.24, 2.45) is 0 Å². The van der Waals surface area contributed by atoms with Gasteiger partial charge in [-0.3, -0.25) is 0 Å². The lowest BCUT2D eigenvalue weighted by atomic mass is 9.80. The zero-order chi connectivity index (χ0) is 36.6. The number of rotatable bonds is 11. The van der Waals surface area contributed by atoms with Gasteiger partial charge in [0.15, 0.2) is 34.5 Å². The van der Waals surface area contributed by atoms with E-state index in [9.17, 15) is 10.2 Å². The molecule has 0 radical (unpaired) electrons. The van der Waals surface area contributed by atoms with Gasteiger partial charge < -0.3 is 57.6 Å². The molecular formula is C39H44O12. The highest BCUT2D eigenvalue weighted by Gasteiger charge is 2.38. The molecule has 12 nitrogen and oxygen atoms in total. The van der Waals surface area contributed by atoms with E-state index in [1.807, 2.05) is 25.1 Å². The van der Waals surface area contributed by atoms with Gasteiger partial charge in [-0.15, -0.1) is 0 Å². The fourth-order valence-electron chi connectivity index (χ4n) is 7.33. The molecule has 0 aromatic heterocycles. The van der Waals surface area contributed by atoms with E-state index in [0.29, 0.717) is 82.1 Å². The first kappa shape index (κ1) is 35.6. The lowest BCUT2D eigenvalue weighted by Gasteiger charge is -2.35. The predicted molar refractivity (Wildman–Crippen MR) is 188 cm³/mol. The molecule has 3 atom stereocenters. The van der Waals surface area contributed by atoms with Crippen LogP contribution in [0.4, 0.5) is 0 Å². The number of fused-ring (bicyclic) bond motifs is 2. The molecule has 2 aliphatic heterocycles. The Morgan fingerprint density at radius 2 is 1.08 bits per heavy atom. The van der Waals surface area contributed by atoms with Crippen LogP contribution in [0.15, 0.2) is 36.4 Å². The molecule has 0 fully saturated rings. The van der Waals surface area contributed by atoms with Crippen molar-refractivity contribution in [3.63, 3.8) is 0 Å². The SMILES string of the molecule is COc1cc([C@H]2OCCc3c(-c4cc(O)c(O)c5c4CC(C)O[C@H]5c4cc(OC)c(OC)c(OC)c4)c(OC)cc(OC)c32)cc(OC)c1OC. The Balaban J connectivity index is 1.62. The number of hydrogen-bond donors (Lipinski definition) is 2. The van der Waals surface area contributed by atoms with Crippen molar-refractivity contribution in [1.29, 1.82) is 0 Å². The molecule has 4 aromatic carbocycles. The quantitative estimate of drug-likeness (QED) is 0.164. The maximum absolute atomic E-state index is 11.5. The van der Waals surface area contributed by atoms with E-state index in [1.54, 1.807) is 53.7 Å². The van der Waals surface area contributed by atoms with E-state index < -0.39 is 12.2 Å². The molecule has 0 saturated carbocycles. The molecular weight excluding hydrogens is 660 g/mol. The molecule has 0 bridgehead atoms. The van der Waals surface area contributed by atoms with E-state index in [-0.39, 0.29) is 17.6 Å². The minimum atomic E-state index is -0.793. The maximum Gasteiger partial charge on any atom is 0.203 e.